The van der Waals surface area contributed by atoms with Crippen LogP contribution in [0.1, 0.15) is 16.8 Å². The van der Waals surface area contributed by atoms with Crippen molar-refractivity contribution in [2.24, 2.45) is 4.99 Å². The molecule has 0 radical (unpaired) electrons. The van der Waals surface area contributed by atoms with Gasteiger partial charge in [-0.15, -0.1) is 0 Å². The van der Waals surface area contributed by atoms with Crippen molar-refractivity contribution in [2.45, 2.75) is 6.54 Å². The molecule has 4 heteroatoms. The van der Waals surface area contributed by atoms with Gasteiger partial charge in [-0.3, -0.25) is 9.98 Å². The Bertz CT molecular complexity index is 851. The second-order valence-corrected chi connectivity index (χ2v) is 5.06. The van der Waals surface area contributed by atoms with E-state index in [1.165, 1.54) is 0 Å². The molecule has 0 fully saturated rings. The van der Waals surface area contributed by atoms with Crippen LogP contribution < -0.4 is 4.74 Å². The first kappa shape index (κ1) is 12.8. The minimum Gasteiger partial charge on any atom is -0.496 e. The number of rotatable bonds is 3. The molecule has 1 aromatic carbocycles. The maximum Gasteiger partial charge on any atom is 0.128 e. The van der Waals surface area contributed by atoms with Gasteiger partial charge in [0, 0.05) is 22.9 Å². The van der Waals surface area contributed by atoms with E-state index >= 15 is 0 Å². The Morgan fingerprint density at radius 2 is 2.00 bits per heavy atom. The lowest BCUT2D eigenvalue weighted by Crippen LogP contribution is -2.06. The van der Waals surface area contributed by atoms with E-state index in [1.54, 1.807) is 19.6 Å². The molecule has 0 aliphatic carbocycles. The van der Waals surface area contributed by atoms with Crippen LogP contribution in [0.3, 0.4) is 0 Å². The van der Waals surface area contributed by atoms with Crippen LogP contribution in [-0.4, -0.2) is 17.8 Å². The van der Waals surface area contributed by atoms with Crippen LogP contribution in [0, 0.1) is 0 Å². The van der Waals surface area contributed by atoms with Gasteiger partial charge in [0.15, 0.2) is 0 Å². The number of fused-ring (bicyclic) bond motifs is 1. The summed E-state index contributed by atoms with van der Waals surface area (Å²) in [6, 6.07) is 11.9. The summed E-state index contributed by atoms with van der Waals surface area (Å²) in [5.74, 6) is 0.816. The summed E-state index contributed by atoms with van der Waals surface area (Å²) in [5.41, 5.74) is 6.08. The topological polar surface area (TPSA) is 47.6 Å². The Labute approximate surface area is 128 Å². The molecule has 3 aromatic rings. The number of para-hydroxylation sites is 1. The highest BCUT2D eigenvalue weighted by molar-refractivity contribution is 6.19. The fraction of sp³-hybridized carbons (Fsp3) is 0.111. The Kier molecular flexibility index (Phi) is 3.00. The van der Waals surface area contributed by atoms with Gasteiger partial charge < -0.3 is 9.15 Å². The maximum atomic E-state index is 5.48. The van der Waals surface area contributed by atoms with E-state index in [9.17, 15) is 0 Å². The predicted octanol–water partition coefficient (Wildman–Crippen LogP) is 3.70. The normalized spacial score (nSPS) is 12.9. The highest BCUT2D eigenvalue weighted by Gasteiger charge is 2.25. The number of pyridine rings is 1. The molecular formula is C18H14N2O2. The molecule has 0 N–H and O–H groups in total. The van der Waals surface area contributed by atoms with E-state index in [0.29, 0.717) is 6.54 Å². The van der Waals surface area contributed by atoms with Gasteiger partial charge in [-0.2, -0.15) is 0 Å². The van der Waals surface area contributed by atoms with Crippen LogP contribution in [0.15, 0.2) is 64.5 Å². The van der Waals surface area contributed by atoms with Crippen molar-refractivity contribution in [2.75, 3.05) is 7.11 Å². The molecule has 0 saturated heterocycles. The summed E-state index contributed by atoms with van der Waals surface area (Å²) in [7, 11) is 1.68. The standard InChI is InChI=1S/C18H14N2O2/c1-21-16-5-3-2-4-14(16)18-17-13(12-7-9-22-11-12)6-8-19-15(17)10-20-18/h2-9,11H,10H2,1H3. The molecule has 3 heterocycles. The number of ether oxygens (including phenoxy) is 1. The molecule has 0 unspecified atom stereocenters. The highest BCUT2D eigenvalue weighted by atomic mass is 16.5. The Morgan fingerprint density at radius 3 is 2.82 bits per heavy atom. The average molecular weight is 290 g/mol. The Morgan fingerprint density at radius 1 is 1.09 bits per heavy atom. The summed E-state index contributed by atoms with van der Waals surface area (Å²) in [6.07, 6.45) is 5.24. The first-order chi connectivity index (χ1) is 10.9. The molecule has 4 rings (SSSR count). The van der Waals surface area contributed by atoms with Crippen LogP contribution >= 0.6 is 0 Å². The number of methoxy groups -OCH3 is 1. The zero-order valence-corrected chi connectivity index (χ0v) is 12.1. The van der Waals surface area contributed by atoms with E-state index in [0.717, 1.165) is 39.4 Å². The Hall–Kier alpha value is -2.88. The largest absolute Gasteiger partial charge is 0.496 e. The number of hydrogen-bond donors (Lipinski definition) is 0. The average Bonchev–Trinajstić information content (AvgIpc) is 3.24. The lowest BCUT2D eigenvalue weighted by molar-refractivity contribution is 0.414. The molecule has 0 atom stereocenters. The van der Waals surface area contributed by atoms with Gasteiger partial charge in [0.2, 0.25) is 0 Å². The highest BCUT2D eigenvalue weighted by Crippen LogP contribution is 2.34. The van der Waals surface area contributed by atoms with Crippen LogP contribution in [-0.2, 0) is 6.54 Å². The van der Waals surface area contributed by atoms with E-state index in [2.05, 4.69) is 4.98 Å². The minimum absolute atomic E-state index is 0.592. The Balaban J connectivity index is 1.92. The summed E-state index contributed by atoms with van der Waals surface area (Å²) < 4.78 is 10.7. The summed E-state index contributed by atoms with van der Waals surface area (Å²) >= 11 is 0. The second-order valence-electron chi connectivity index (χ2n) is 5.06. The van der Waals surface area contributed by atoms with E-state index in [-0.39, 0.29) is 0 Å². The molecule has 22 heavy (non-hydrogen) atoms. The summed E-state index contributed by atoms with van der Waals surface area (Å²) in [5, 5.41) is 0. The van der Waals surface area contributed by atoms with Crippen molar-refractivity contribution in [1.82, 2.24) is 4.98 Å². The monoisotopic (exact) mass is 290 g/mol. The molecule has 108 valence electrons. The van der Waals surface area contributed by atoms with Gasteiger partial charge in [0.1, 0.15) is 5.75 Å². The number of furan rings is 1. The van der Waals surface area contributed by atoms with E-state index in [1.807, 2.05) is 42.6 Å². The van der Waals surface area contributed by atoms with Crippen LogP contribution in [0.25, 0.3) is 11.1 Å². The van der Waals surface area contributed by atoms with Gasteiger partial charge in [-0.25, -0.2) is 0 Å². The lowest BCUT2D eigenvalue weighted by Gasteiger charge is -2.12. The maximum absolute atomic E-state index is 5.48. The van der Waals surface area contributed by atoms with Gasteiger partial charge in [0.05, 0.1) is 37.6 Å². The zero-order chi connectivity index (χ0) is 14.9. The first-order valence-electron chi connectivity index (χ1n) is 7.07. The second kappa shape index (κ2) is 5.15. The molecule has 0 saturated carbocycles. The molecule has 1 aliphatic heterocycles. The van der Waals surface area contributed by atoms with Crippen molar-refractivity contribution >= 4 is 5.71 Å². The fourth-order valence-corrected chi connectivity index (χ4v) is 2.84. The van der Waals surface area contributed by atoms with Crippen molar-refractivity contribution in [3.8, 4) is 16.9 Å². The van der Waals surface area contributed by atoms with Crippen LogP contribution in [0.5, 0.6) is 5.75 Å². The van der Waals surface area contributed by atoms with Gasteiger partial charge in [-0.05, 0) is 29.8 Å². The molecular weight excluding hydrogens is 276 g/mol. The predicted molar refractivity (Wildman–Crippen MR) is 84.3 cm³/mol. The van der Waals surface area contributed by atoms with Crippen LogP contribution in [0.2, 0.25) is 0 Å². The van der Waals surface area contributed by atoms with Gasteiger partial charge >= 0.3 is 0 Å². The van der Waals surface area contributed by atoms with E-state index in [4.69, 9.17) is 14.1 Å². The third-order valence-corrected chi connectivity index (χ3v) is 3.85. The van der Waals surface area contributed by atoms with Crippen molar-refractivity contribution in [1.29, 1.82) is 0 Å². The van der Waals surface area contributed by atoms with E-state index < -0.39 is 0 Å². The third-order valence-electron chi connectivity index (χ3n) is 3.85. The van der Waals surface area contributed by atoms with Gasteiger partial charge in [-0.1, -0.05) is 12.1 Å². The third kappa shape index (κ3) is 1.92. The first-order valence-corrected chi connectivity index (χ1v) is 7.07. The van der Waals surface area contributed by atoms with Crippen molar-refractivity contribution in [3.63, 3.8) is 0 Å². The lowest BCUT2D eigenvalue weighted by atomic mass is 9.95. The number of aromatic nitrogens is 1. The van der Waals surface area contributed by atoms with Gasteiger partial charge in [0.25, 0.3) is 0 Å². The summed E-state index contributed by atoms with van der Waals surface area (Å²) in [4.78, 5) is 9.17. The molecule has 0 bridgehead atoms. The minimum atomic E-state index is 0.592. The van der Waals surface area contributed by atoms with Crippen molar-refractivity contribution in [3.05, 3.63) is 71.9 Å². The quantitative estimate of drug-likeness (QED) is 0.739. The smallest absolute Gasteiger partial charge is 0.128 e. The van der Waals surface area contributed by atoms with Crippen LogP contribution in [0.4, 0.5) is 0 Å². The number of aliphatic imine (C=N–C) groups is 1. The number of hydrogen-bond acceptors (Lipinski definition) is 4. The number of nitrogens with zero attached hydrogens (tertiary/aromatic N) is 2. The SMILES string of the molecule is COc1ccccc1C1=NCc2nccc(-c3ccoc3)c21. The zero-order valence-electron chi connectivity index (χ0n) is 12.1. The van der Waals surface area contributed by atoms with Crippen molar-refractivity contribution < 1.29 is 9.15 Å². The number of benzene rings is 1. The molecule has 2 aromatic heterocycles. The molecule has 0 amide bonds. The summed E-state index contributed by atoms with van der Waals surface area (Å²) in [6.45, 7) is 0.592. The molecule has 1 aliphatic rings. The molecule has 0 spiro atoms. The molecule has 4 nitrogen and oxygen atoms in total. The fourth-order valence-electron chi connectivity index (χ4n) is 2.84.